The lowest BCUT2D eigenvalue weighted by molar-refractivity contribution is -0.117. The van der Waals surface area contributed by atoms with Gasteiger partial charge in [-0.15, -0.1) is 11.3 Å². The van der Waals surface area contributed by atoms with Crippen LogP contribution < -0.4 is 5.32 Å². The molecule has 0 spiro atoms. The van der Waals surface area contributed by atoms with Crippen LogP contribution in [-0.4, -0.2) is 53.4 Å². The molecule has 2 aromatic heterocycles. The second-order valence-corrected chi connectivity index (χ2v) is 8.39. The number of para-hydroxylation sites is 1. The van der Waals surface area contributed by atoms with E-state index in [1.165, 1.54) is 4.70 Å². The monoisotopic (exact) mass is 409 g/mol. The smallest absolute Gasteiger partial charge is 0.240 e. The SMILES string of the molecule is Cc1oc(NC(=O)CN2CCN(Cc3nc4ccccc4s3)CC2)c(C#N)c1C. The Morgan fingerprint density at radius 1 is 1.24 bits per heavy atom. The van der Waals surface area contributed by atoms with Crippen molar-refractivity contribution in [1.82, 2.24) is 14.8 Å². The predicted octanol–water partition coefficient (Wildman–Crippen LogP) is 3.13. The number of piperazine rings is 1. The largest absolute Gasteiger partial charge is 0.444 e. The average Bonchev–Trinajstić information content (AvgIpc) is 3.23. The standard InChI is InChI=1S/C21H23N5O2S/c1-14-15(2)28-21(16(14)11-22)24-19(27)12-25-7-9-26(10-8-25)13-20-23-17-5-3-4-6-18(17)29-20/h3-6H,7-10,12-13H2,1-2H3,(H,24,27). The maximum Gasteiger partial charge on any atom is 0.240 e. The highest BCUT2D eigenvalue weighted by Crippen LogP contribution is 2.25. The molecule has 3 heterocycles. The maximum absolute atomic E-state index is 12.4. The van der Waals surface area contributed by atoms with Crippen LogP contribution in [0.3, 0.4) is 0 Å². The summed E-state index contributed by atoms with van der Waals surface area (Å²) >= 11 is 1.74. The number of nitrogens with zero attached hydrogens (tertiary/aromatic N) is 4. The van der Waals surface area contributed by atoms with E-state index in [1.54, 1.807) is 18.3 Å². The van der Waals surface area contributed by atoms with Crippen LogP contribution in [0, 0.1) is 25.2 Å². The van der Waals surface area contributed by atoms with Gasteiger partial charge in [-0.05, 0) is 26.0 Å². The first kappa shape index (κ1) is 19.6. The molecule has 8 heteroatoms. The van der Waals surface area contributed by atoms with Crippen LogP contribution in [0.1, 0.15) is 21.9 Å². The maximum atomic E-state index is 12.4. The van der Waals surface area contributed by atoms with Crippen molar-refractivity contribution >= 4 is 33.3 Å². The molecule has 0 unspecified atom stereocenters. The van der Waals surface area contributed by atoms with Crippen molar-refractivity contribution in [1.29, 1.82) is 5.26 Å². The van der Waals surface area contributed by atoms with Gasteiger partial charge in [-0.3, -0.25) is 19.9 Å². The molecule has 1 aliphatic heterocycles. The van der Waals surface area contributed by atoms with Crippen molar-refractivity contribution in [3.63, 3.8) is 0 Å². The predicted molar refractivity (Wildman–Crippen MR) is 113 cm³/mol. The normalized spacial score (nSPS) is 15.5. The van der Waals surface area contributed by atoms with Crippen molar-refractivity contribution in [2.24, 2.45) is 0 Å². The summed E-state index contributed by atoms with van der Waals surface area (Å²) < 4.78 is 6.74. The van der Waals surface area contributed by atoms with Gasteiger partial charge in [-0.1, -0.05) is 12.1 Å². The number of anilines is 1. The second-order valence-electron chi connectivity index (χ2n) is 7.27. The molecule has 1 aliphatic rings. The zero-order chi connectivity index (χ0) is 20.4. The van der Waals surface area contributed by atoms with Gasteiger partial charge < -0.3 is 4.42 Å². The fourth-order valence-electron chi connectivity index (χ4n) is 3.50. The molecule has 1 N–H and O–H groups in total. The van der Waals surface area contributed by atoms with Crippen LogP contribution >= 0.6 is 11.3 Å². The summed E-state index contributed by atoms with van der Waals surface area (Å²) in [6.45, 7) is 8.17. The van der Waals surface area contributed by atoms with E-state index in [0.717, 1.165) is 48.8 Å². The van der Waals surface area contributed by atoms with E-state index in [0.29, 0.717) is 17.9 Å². The number of carbonyl (C=O) groups is 1. The lowest BCUT2D eigenvalue weighted by Crippen LogP contribution is -2.48. The van der Waals surface area contributed by atoms with Crippen LogP contribution in [0.15, 0.2) is 28.7 Å². The van der Waals surface area contributed by atoms with Crippen LogP contribution in [0.25, 0.3) is 10.2 Å². The lowest BCUT2D eigenvalue weighted by Gasteiger charge is -2.33. The molecular weight excluding hydrogens is 386 g/mol. The Balaban J connectivity index is 1.28. The van der Waals surface area contributed by atoms with Crippen LogP contribution in [0.5, 0.6) is 0 Å². The molecule has 1 amide bonds. The Hall–Kier alpha value is -2.73. The van der Waals surface area contributed by atoms with Crippen molar-refractivity contribution in [2.45, 2.75) is 20.4 Å². The van der Waals surface area contributed by atoms with Crippen molar-refractivity contribution in [3.05, 3.63) is 46.2 Å². The number of nitrogens with one attached hydrogen (secondary N) is 1. The first-order chi connectivity index (χ1) is 14.0. The molecule has 150 valence electrons. The fourth-order valence-corrected chi connectivity index (χ4v) is 4.51. The number of furan rings is 1. The summed E-state index contributed by atoms with van der Waals surface area (Å²) in [5.74, 6) is 0.747. The molecule has 4 rings (SSSR count). The molecule has 0 aliphatic carbocycles. The molecule has 0 radical (unpaired) electrons. The van der Waals surface area contributed by atoms with E-state index in [-0.39, 0.29) is 11.8 Å². The van der Waals surface area contributed by atoms with Gasteiger partial charge in [-0.2, -0.15) is 5.26 Å². The van der Waals surface area contributed by atoms with Crippen molar-refractivity contribution < 1.29 is 9.21 Å². The number of nitriles is 1. The summed E-state index contributed by atoms with van der Waals surface area (Å²) in [5, 5.41) is 13.1. The molecule has 1 aromatic carbocycles. The number of fused-ring (bicyclic) bond motifs is 1. The molecule has 7 nitrogen and oxygen atoms in total. The average molecular weight is 410 g/mol. The highest BCUT2D eigenvalue weighted by Gasteiger charge is 2.22. The summed E-state index contributed by atoms with van der Waals surface area (Å²) in [6.07, 6.45) is 0. The number of benzene rings is 1. The number of thiazole rings is 1. The molecular formula is C21H23N5O2S. The van der Waals surface area contributed by atoms with E-state index in [2.05, 4.69) is 27.3 Å². The van der Waals surface area contributed by atoms with Crippen LogP contribution in [-0.2, 0) is 11.3 Å². The minimum atomic E-state index is -0.158. The molecule has 0 saturated carbocycles. The van der Waals surface area contributed by atoms with Gasteiger partial charge in [0.15, 0.2) is 0 Å². The van der Waals surface area contributed by atoms with Crippen molar-refractivity contribution in [3.8, 4) is 6.07 Å². The summed E-state index contributed by atoms with van der Waals surface area (Å²) in [4.78, 5) is 21.6. The molecule has 3 aromatic rings. The Morgan fingerprint density at radius 2 is 1.97 bits per heavy atom. The zero-order valence-corrected chi connectivity index (χ0v) is 17.4. The summed E-state index contributed by atoms with van der Waals surface area (Å²) in [5.41, 5.74) is 2.23. The van der Waals surface area contributed by atoms with Gasteiger partial charge in [0.1, 0.15) is 22.4 Å². The fraction of sp³-hybridized carbons (Fsp3) is 0.381. The number of hydrogen-bond acceptors (Lipinski definition) is 7. The first-order valence-electron chi connectivity index (χ1n) is 9.62. The second kappa shape index (κ2) is 8.33. The topological polar surface area (TPSA) is 85.4 Å². The van der Waals surface area contributed by atoms with E-state index in [1.807, 2.05) is 25.1 Å². The van der Waals surface area contributed by atoms with Crippen LogP contribution in [0.4, 0.5) is 5.88 Å². The molecule has 0 bridgehead atoms. The quantitative estimate of drug-likeness (QED) is 0.697. The third kappa shape index (κ3) is 4.32. The number of amides is 1. The number of aryl methyl sites for hydroxylation is 1. The Morgan fingerprint density at radius 3 is 2.69 bits per heavy atom. The highest BCUT2D eigenvalue weighted by atomic mass is 32.1. The van der Waals surface area contributed by atoms with Gasteiger partial charge in [-0.25, -0.2) is 4.98 Å². The van der Waals surface area contributed by atoms with Crippen molar-refractivity contribution in [2.75, 3.05) is 38.0 Å². The lowest BCUT2D eigenvalue weighted by atomic mass is 10.2. The Kier molecular flexibility index (Phi) is 5.62. The van der Waals surface area contributed by atoms with Gasteiger partial charge in [0, 0.05) is 31.7 Å². The number of rotatable bonds is 5. The van der Waals surface area contributed by atoms with Gasteiger partial charge in [0.25, 0.3) is 0 Å². The van der Waals surface area contributed by atoms with E-state index >= 15 is 0 Å². The highest BCUT2D eigenvalue weighted by molar-refractivity contribution is 7.18. The molecule has 29 heavy (non-hydrogen) atoms. The third-order valence-corrected chi connectivity index (χ3v) is 6.30. The molecule has 0 atom stereocenters. The number of carbonyl (C=O) groups excluding carboxylic acids is 1. The molecule has 1 fully saturated rings. The van der Waals surface area contributed by atoms with Crippen LogP contribution in [0.2, 0.25) is 0 Å². The van der Waals surface area contributed by atoms with E-state index in [9.17, 15) is 10.1 Å². The number of aromatic nitrogens is 1. The Labute approximate surface area is 173 Å². The third-order valence-electron chi connectivity index (χ3n) is 5.28. The van der Waals surface area contributed by atoms with E-state index in [4.69, 9.17) is 9.40 Å². The first-order valence-corrected chi connectivity index (χ1v) is 10.4. The minimum absolute atomic E-state index is 0.158. The van der Waals surface area contributed by atoms with Gasteiger partial charge in [0.2, 0.25) is 11.8 Å². The minimum Gasteiger partial charge on any atom is -0.444 e. The number of hydrogen-bond donors (Lipinski definition) is 1. The van der Waals surface area contributed by atoms with Gasteiger partial charge >= 0.3 is 0 Å². The molecule has 1 saturated heterocycles. The van der Waals surface area contributed by atoms with Gasteiger partial charge in [0.05, 0.1) is 23.3 Å². The Bertz CT molecular complexity index is 1040. The summed E-state index contributed by atoms with van der Waals surface area (Å²) in [7, 11) is 0. The summed E-state index contributed by atoms with van der Waals surface area (Å²) in [6, 6.07) is 10.3. The zero-order valence-electron chi connectivity index (χ0n) is 16.6. The van der Waals surface area contributed by atoms with E-state index < -0.39 is 0 Å².